The lowest BCUT2D eigenvalue weighted by Crippen LogP contribution is -2.24. The zero-order valence-corrected chi connectivity index (χ0v) is 13.9. The molecule has 0 radical (unpaired) electrons. The van der Waals surface area contributed by atoms with Crippen molar-refractivity contribution < 1.29 is 4.79 Å². The number of thiophene rings is 1. The topological polar surface area (TPSA) is 116 Å². The molecule has 0 spiro atoms. The fourth-order valence-corrected chi connectivity index (χ4v) is 3.05. The molecule has 3 aromatic rings. The summed E-state index contributed by atoms with van der Waals surface area (Å²) >= 11 is 1.39. The highest BCUT2D eigenvalue weighted by molar-refractivity contribution is 7.17. The molecule has 0 saturated heterocycles. The van der Waals surface area contributed by atoms with Gasteiger partial charge in [0.1, 0.15) is 0 Å². The first kappa shape index (κ1) is 17.6. The molecule has 6 N–H and O–H groups in total. The minimum Gasteiger partial charge on any atom is -0.368 e. The quantitative estimate of drug-likeness (QED) is 0.660. The molecule has 2 aromatic heterocycles. The Balaban J connectivity index is 0.00000208. The average molecular weight is 341 g/mol. The number of aromatic nitrogens is 2. The van der Waals surface area contributed by atoms with Gasteiger partial charge >= 0.3 is 0 Å². The van der Waals surface area contributed by atoms with Crippen molar-refractivity contribution in [3.63, 3.8) is 0 Å². The highest BCUT2D eigenvalue weighted by atomic mass is 32.1. The van der Waals surface area contributed by atoms with Gasteiger partial charge in [0, 0.05) is 12.7 Å². The van der Waals surface area contributed by atoms with Crippen molar-refractivity contribution in [1.82, 2.24) is 21.4 Å². The van der Waals surface area contributed by atoms with E-state index in [1.54, 1.807) is 18.3 Å². The molecule has 0 bridgehead atoms. The van der Waals surface area contributed by atoms with Crippen LogP contribution in [0.5, 0.6) is 0 Å². The van der Waals surface area contributed by atoms with Crippen LogP contribution in [0.2, 0.25) is 0 Å². The van der Waals surface area contributed by atoms with Crippen molar-refractivity contribution in [2.75, 3.05) is 12.3 Å². The van der Waals surface area contributed by atoms with Crippen molar-refractivity contribution in [1.29, 1.82) is 0 Å². The van der Waals surface area contributed by atoms with Gasteiger partial charge in [-0.3, -0.25) is 4.79 Å². The van der Waals surface area contributed by atoms with Gasteiger partial charge in [0.15, 0.2) is 0 Å². The molecule has 124 valence electrons. The van der Waals surface area contributed by atoms with Gasteiger partial charge in [-0.1, -0.05) is 30.3 Å². The summed E-state index contributed by atoms with van der Waals surface area (Å²) < 4.78 is 0. The lowest BCUT2D eigenvalue weighted by Gasteiger charge is -2.03. The van der Waals surface area contributed by atoms with E-state index in [1.165, 1.54) is 16.9 Å². The zero-order chi connectivity index (χ0) is 16.1. The Morgan fingerprint density at radius 1 is 1.12 bits per heavy atom. The van der Waals surface area contributed by atoms with E-state index in [0.29, 0.717) is 11.4 Å². The summed E-state index contributed by atoms with van der Waals surface area (Å²) in [7, 11) is 0. The van der Waals surface area contributed by atoms with Gasteiger partial charge in [0.25, 0.3) is 5.91 Å². The molecule has 6 nitrogen and oxygen atoms in total. The molecular weight excluding hydrogens is 322 g/mol. The first-order chi connectivity index (χ1) is 11.2. The molecule has 24 heavy (non-hydrogen) atoms. The van der Waals surface area contributed by atoms with Crippen molar-refractivity contribution in [2.24, 2.45) is 0 Å². The van der Waals surface area contributed by atoms with Crippen LogP contribution >= 0.6 is 11.3 Å². The molecular formula is C17H19N5OS. The van der Waals surface area contributed by atoms with Crippen LogP contribution in [-0.2, 0) is 6.42 Å². The summed E-state index contributed by atoms with van der Waals surface area (Å²) in [5.41, 5.74) is 7.52. The fourth-order valence-electron chi connectivity index (χ4n) is 2.16. The number of carbonyl (C=O) groups is 1. The fraction of sp³-hybridized carbons (Fsp3) is 0.118. The van der Waals surface area contributed by atoms with Gasteiger partial charge in [-0.25, -0.2) is 9.97 Å². The van der Waals surface area contributed by atoms with E-state index in [4.69, 9.17) is 5.73 Å². The van der Waals surface area contributed by atoms with E-state index in [2.05, 4.69) is 27.4 Å². The number of hydrogen-bond donors (Lipinski definition) is 3. The Hall–Kier alpha value is -2.77. The highest BCUT2D eigenvalue weighted by Gasteiger charge is 2.11. The Bertz CT molecular complexity index is 804. The van der Waals surface area contributed by atoms with Crippen LogP contribution in [0.4, 0.5) is 5.95 Å². The second-order valence-electron chi connectivity index (χ2n) is 4.96. The molecule has 7 heteroatoms. The van der Waals surface area contributed by atoms with E-state index < -0.39 is 0 Å². The molecule has 0 atom stereocenters. The second kappa shape index (κ2) is 8.19. The number of nitrogen functional groups attached to an aromatic ring is 1. The molecule has 0 saturated carbocycles. The Labute approximate surface area is 144 Å². The maximum atomic E-state index is 12.2. The monoisotopic (exact) mass is 341 g/mol. The third-order valence-electron chi connectivity index (χ3n) is 3.30. The first-order valence-electron chi connectivity index (χ1n) is 7.23. The summed E-state index contributed by atoms with van der Waals surface area (Å²) in [5.74, 6) is 0.156. The van der Waals surface area contributed by atoms with Crippen LogP contribution in [0, 0.1) is 0 Å². The van der Waals surface area contributed by atoms with Gasteiger partial charge in [-0.15, -0.1) is 11.3 Å². The summed E-state index contributed by atoms with van der Waals surface area (Å²) in [6.07, 6.45) is 2.42. The molecule has 0 aliphatic rings. The Morgan fingerprint density at radius 3 is 2.67 bits per heavy atom. The molecule has 0 aliphatic carbocycles. The van der Waals surface area contributed by atoms with E-state index in [0.717, 1.165) is 17.0 Å². The molecule has 0 aliphatic heterocycles. The van der Waals surface area contributed by atoms with Crippen molar-refractivity contribution in [3.05, 3.63) is 65.2 Å². The smallest absolute Gasteiger partial charge is 0.261 e. The highest BCUT2D eigenvalue weighted by Crippen LogP contribution is 2.26. The summed E-state index contributed by atoms with van der Waals surface area (Å²) in [4.78, 5) is 21.8. The minimum absolute atomic E-state index is 0. The number of nitrogens with zero attached hydrogens (tertiary/aromatic N) is 2. The number of nitrogens with one attached hydrogen (secondary N) is 1. The summed E-state index contributed by atoms with van der Waals surface area (Å²) in [5, 5.41) is 2.94. The molecule has 2 heterocycles. The third-order valence-corrected chi connectivity index (χ3v) is 4.41. The SMILES string of the molecule is N.Nc1nccc(-c2ccc(C(=O)NCCc3ccccc3)s2)n1. The largest absolute Gasteiger partial charge is 0.368 e. The molecule has 3 rings (SSSR count). The van der Waals surface area contributed by atoms with Crippen LogP contribution in [0.15, 0.2) is 54.7 Å². The molecule has 1 amide bonds. The van der Waals surface area contributed by atoms with E-state index in [-0.39, 0.29) is 18.0 Å². The molecule has 0 fully saturated rings. The van der Waals surface area contributed by atoms with Crippen LogP contribution in [0.1, 0.15) is 15.2 Å². The Kier molecular flexibility index (Phi) is 6.00. The van der Waals surface area contributed by atoms with Gasteiger partial charge < -0.3 is 17.2 Å². The first-order valence-corrected chi connectivity index (χ1v) is 8.05. The van der Waals surface area contributed by atoms with E-state index in [9.17, 15) is 4.79 Å². The lowest BCUT2D eigenvalue weighted by atomic mass is 10.1. The predicted octanol–water partition coefficient (Wildman–Crippen LogP) is 2.92. The molecule has 1 aromatic carbocycles. The normalized spacial score (nSPS) is 10.0. The maximum Gasteiger partial charge on any atom is 0.261 e. The summed E-state index contributed by atoms with van der Waals surface area (Å²) in [6.45, 7) is 0.608. The zero-order valence-electron chi connectivity index (χ0n) is 13.1. The van der Waals surface area contributed by atoms with Crippen LogP contribution in [0.25, 0.3) is 10.6 Å². The standard InChI is InChI=1S/C17H16N4OS.H3N/c18-17-20-11-9-13(21-17)14-6-7-15(23-14)16(22)19-10-8-12-4-2-1-3-5-12;/h1-7,9,11H,8,10H2,(H,19,22)(H2,18,20,21);1H3. The van der Waals surface area contributed by atoms with Crippen molar-refractivity contribution in [3.8, 4) is 10.6 Å². The number of nitrogens with two attached hydrogens (primary N) is 1. The minimum atomic E-state index is -0.0702. The number of hydrogen-bond acceptors (Lipinski definition) is 6. The lowest BCUT2D eigenvalue weighted by molar-refractivity contribution is 0.0958. The summed E-state index contributed by atoms with van der Waals surface area (Å²) in [6, 6.07) is 15.5. The van der Waals surface area contributed by atoms with Gasteiger partial charge in [-0.05, 0) is 30.2 Å². The van der Waals surface area contributed by atoms with E-state index in [1.807, 2.05) is 24.3 Å². The van der Waals surface area contributed by atoms with Crippen molar-refractivity contribution >= 4 is 23.2 Å². The average Bonchev–Trinajstić information content (AvgIpc) is 3.06. The maximum absolute atomic E-state index is 12.2. The predicted molar refractivity (Wildman–Crippen MR) is 97.3 cm³/mol. The number of rotatable bonds is 5. The van der Waals surface area contributed by atoms with Gasteiger partial charge in [0.2, 0.25) is 5.95 Å². The van der Waals surface area contributed by atoms with Gasteiger partial charge in [-0.2, -0.15) is 0 Å². The van der Waals surface area contributed by atoms with E-state index >= 15 is 0 Å². The number of carbonyl (C=O) groups excluding carboxylic acids is 1. The van der Waals surface area contributed by atoms with Crippen LogP contribution in [0.3, 0.4) is 0 Å². The number of benzene rings is 1. The third kappa shape index (κ3) is 4.37. The second-order valence-corrected chi connectivity index (χ2v) is 6.04. The molecule has 0 unspecified atom stereocenters. The van der Waals surface area contributed by atoms with Crippen LogP contribution in [-0.4, -0.2) is 22.4 Å². The number of amides is 1. The van der Waals surface area contributed by atoms with Gasteiger partial charge in [0.05, 0.1) is 15.4 Å². The van der Waals surface area contributed by atoms with Crippen LogP contribution < -0.4 is 17.2 Å². The Morgan fingerprint density at radius 2 is 1.92 bits per heavy atom. The van der Waals surface area contributed by atoms with Crippen molar-refractivity contribution in [2.45, 2.75) is 6.42 Å². The number of anilines is 1.